The number of rotatable bonds is 6. The van der Waals surface area contributed by atoms with Crippen molar-refractivity contribution in [2.24, 2.45) is 0 Å². The van der Waals surface area contributed by atoms with Crippen LogP contribution in [0.15, 0.2) is 133 Å². The maximum absolute atomic E-state index is 5.51. The Morgan fingerprint density at radius 3 is 0.974 bits per heavy atom. The summed E-state index contributed by atoms with van der Waals surface area (Å²) in [6.07, 6.45) is 0. The van der Waals surface area contributed by atoms with Gasteiger partial charge in [-0.3, -0.25) is 0 Å². The number of hydrogen-bond acceptors (Lipinski definition) is 2. The van der Waals surface area contributed by atoms with Crippen molar-refractivity contribution in [2.45, 2.75) is 0 Å². The normalized spacial score (nSPS) is 10.9. The number of fused-ring (bicyclic) bond motifs is 1. The maximum Gasteiger partial charge on any atom is 0.118 e. The summed E-state index contributed by atoms with van der Waals surface area (Å²) in [6, 6.07) is 47.0. The molecule has 0 aliphatic heterocycles. The Bertz CT molecular complexity index is 1560. The highest BCUT2D eigenvalue weighted by Gasteiger charge is 2.23. The summed E-state index contributed by atoms with van der Waals surface area (Å²) in [5.74, 6) is 1.68. The van der Waals surface area contributed by atoms with E-state index < -0.39 is 0 Å². The third kappa shape index (κ3) is 4.21. The van der Waals surface area contributed by atoms with E-state index in [-0.39, 0.29) is 0 Å². The van der Waals surface area contributed by atoms with Gasteiger partial charge in [-0.15, -0.1) is 0 Å². The van der Waals surface area contributed by atoms with Gasteiger partial charge in [-0.2, -0.15) is 0 Å². The maximum atomic E-state index is 5.51. The molecule has 0 aliphatic carbocycles. The molecule has 0 N–H and O–H groups in total. The molecule has 0 radical (unpaired) electrons. The molecule has 6 aromatic rings. The molecule has 184 valence electrons. The minimum absolute atomic E-state index is 0.838. The highest BCUT2D eigenvalue weighted by atomic mass is 16.5. The second kappa shape index (κ2) is 10.3. The fraction of sp³-hybridized carbons (Fsp3) is 0.0556. The Balaban J connectivity index is 1.84. The van der Waals surface area contributed by atoms with Crippen molar-refractivity contribution in [3.8, 4) is 56.0 Å². The van der Waals surface area contributed by atoms with E-state index in [9.17, 15) is 0 Å². The largest absolute Gasteiger partial charge is 0.497 e. The van der Waals surface area contributed by atoms with Crippen molar-refractivity contribution in [2.75, 3.05) is 14.2 Å². The third-order valence-electron chi connectivity index (χ3n) is 7.10. The van der Waals surface area contributed by atoms with Crippen LogP contribution in [0.5, 0.6) is 11.5 Å². The quantitative estimate of drug-likeness (QED) is 0.230. The first kappa shape index (κ1) is 23.6. The standard InChI is InChI=1S/C36H28O2/c1-37-29-21-17-27(18-22-29)35-33(25-11-5-3-6-12-25)31-15-9-10-16-32(31)34(26-13-7-4-8-14-26)36(35)28-19-23-30(38-2)24-20-28/h3-24H,1-2H3. The van der Waals surface area contributed by atoms with E-state index in [4.69, 9.17) is 9.47 Å². The lowest BCUT2D eigenvalue weighted by atomic mass is 9.79. The van der Waals surface area contributed by atoms with Gasteiger partial charge >= 0.3 is 0 Å². The molecule has 6 aromatic carbocycles. The van der Waals surface area contributed by atoms with Gasteiger partial charge in [-0.05, 0) is 79.5 Å². The average molecular weight is 493 g/mol. The van der Waals surface area contributed by atoms with Crippen LogP contribution < -0.4 is 9.47 Å². The van der Waals surface area contributed by atoms with Gasteiger partial charge in [0.15, 0.2) is 0 Å². The van der Waals surface area contributed by atoms with Crippen molar-refractivity contribution in [3.05, 3.63) is 133 Å². The van der Waals surface area contributed by atoms with Gasteiger partial charge in [-0.1, -0.05) is 109 Å². The van der Waals surface area contributed by atoms with Crippen LogP contribution in [0.25, 0.3) is 55.3 Å². The summed E-state index contributed by atoms with van der Waals surface area (Å²) in [4.78, 5) is 0. The zero-order valence-corrected chi connectivity index (χ0v) is 21.5. The second-order valence-electron chi connectivity index (χ2n) is 9.23. The zero-order valence-electron chi connectivity index (χ0n) is 21.5. The van der Waals surface area contributed by atoms with Crippen molar-refractivity contribution in [1.29, 1.82) is 0 Å². The lowest BCUT2D eigenvalue weighted by Gasteiger charge is -2.24. The van der Waals surface area contributed by atoms with E-state index >= 15 is 0 Å². The highest BCUT2D eigenvalue weighted by molar-refractivity contribution is 6.18. The lowest BCUT2D eigenvalue weighted by Crippen LogP contribution is -1.97. The Morgan fingerprint density at radius 2 is 0.632 bits per heavy atom. The fourth-order valence-electron chi connectivity index (χ4n) is 5.34. The summed E-state index contributed by atoms with van der Waals surface area (Å²) in [5.41, 5.74) is 9.47. The molecule has 38 heavy (non-hydrogen) atoms. The Morgan fingerprint density at radius 1 is 0.316 bits per heavy atom. The first-order chi connectivity index (χ1) is 18.8. The zero-order chi connectivity index (χ0) is 25.9. The Labute approximate surface area is 223 Å². The van der Waals surface area contributed by atoms with Crippen molar-refractivity contribution in [3.63, 3.8) is 0 Å². The summed E-state index contributed by atoms with van der Waals surface area (Å²) in [7, 11) is 3.41. The molecule has 6 rings (SSSR count). The average Bonchev–Trinajstić information content (AvgIpc) is 3.01. The van der Waals surface area contributed by atoms with Gasteiger partial charge in [0.25, 0.3) is 0 Å². The predicted molar refractivity (Wildman–Crippen MR) is 159 cm³/mol. The molecule has 0 fully saturated rings. The van der Waals surface area contributed by atoms with Gasteiger partial charge in [0.2, 0.25) is 0 Å². The van der Waals surface area contributed by atoms with Crippen LogP contribution in [0.1, 0.15) is 0 Å². The third-order valence-corrected chi connectivity index (χ3v) is 7.10. The van der Waals surface area contributed by atoms with Crippen molar-refractivity contribution < 1.29 is 9.47 Å². The number of ether oxygens (including phenoxy) is 2. The van der Waals surface area contributed by atoms with Crippen molar-refractivity contribution in [1.82, 2.24) is 0 Å². The number of hydrogen-bond donors (Lipinski definition) is 0. The van der Waals surface area contributed by atoms with Crippen LogP contribution in [-0.4, -0.2) is 14.2 Å². The van der Waals surface area contributed by atoms with Gasteiger partial charge < -0.3 is 9.47 Å². The van der Waals surface area contributed by atoms with Crippen LogP contribution in [0.2, 0.25) is 0 Å². The van der Waals surface area contributed by atoms with E-state index in [1.165, 1.54) is 44.2 Å². The minimum Gasteiger partial charge on any atom is -0.497 e. The molecule has 2 heteroatoms. The summed E-state index contributed by atoms with van der Waals surface area (Å²) < 4.78 is 11.0. The Kier molecular flexibility index (Phi) is 6.37. The first-order valence-electron chi connectivity index (χ1n) is 12.8. The van der Waals surface area contributed by atoms with Crippen molar-refractivity contribution >= 4 is 10.8 Å². The molecule has 0 saturated carbocycles. The molecule has 0 heterocycles. The van der Waals surface area contributed by atoms with Crippen LogP contribution in [0.4, 0.5) is 0 Å². The smallest absolute Gasteiger partial charge is 0.118 e. The highest BCUT2D eigenvalue weighted by Crippen LogP contribution is 2.51. The fourth-order valence-corrected chi connectivity index (χ4v) is 5.34. The molecular formula is C36H28O2. The van der Waals surface area contributed by atoms with Gasteiger partial charge in [0, 0.05) is 0 Å². The van der Waals surface area contributed by atoms with E-state index in [0.29, 0.717) is 0 Å². The minimum atomic E-state index is 0.838. The molecule has 0 aliphatic rings. The van der Waals surface area contributed by atoms with E-state index in [1.54, 1.807) is 14.2 Å². The van der Waals surface area contributed by atoms with Crippen LogP contribution >= 0.6 is 0 Å². The molecule has 0 unspecified atom stereocenters. The summed E-state index contributed by atoms with van der Waals surface area (Å²) in [6.45, 7) is 0. The van der Waals surface area contributed by atoms with Crippen LogP contribution in [0, 0.1) is 0 Å². The summed E-state index contributed by atoms with van der Waals surface area (Å²) >= 11 is 0. The summed E-state index contributed by atoms with van der Waals surface area (Å²) in [5, 5.41) is 2.45. The molecule has 0 amide bonds. The lowest BCUT2D eigenvalue weighted by molar-refractivity contribution is 0.414. The molecule has 2 nitrogen and oxygen atoms in total. The molecular weight excluding hydrogens is 464 g/mol. The van der Waals surface area contributed by atoms with E-state index in [2.05, 4.69) is 109 Å². The van der Waals surface area contributed by atoms with E-state index in [0.717, 1.165) is 22.6 Å². The Hall–Kier alpha value is -4.82. The molecule has 0 saturated heterocycles. The van der Waals surface area contributed by atoms with Crippen LogP contribution in [0.3, 0.4) is 0 Å². The van der Waals surface area contributed by atoms with E-state index in [1.807, 2.05) is 24.3 Å². The molecule has 0 bridgehead atoms. The number of benzene rings is 6. The monoisotopic (exact) mass is 492 g/mol. The molecule has 0 aromatic heterocycles. The van der Waals surface area contributed by atoms with Gasteiger partial charge in [-0.25, -0.2) is 0 Å². The van der Waals surface area contributed by atoms with Gasteiger partial charge in [0.1, 0.15) is 11.5 Å². The number of methoxy groups -OCH3 is 2. The second-order valence-corrected chi connectivity index (χ2v) is 9.23. The van der Waals surface area contributed by atoms with Gasteiger partial charge in [0.05, 0.1) is 14.2 Å². The predicted octanol–water partition coefficient (Wildman–Crippen LogP) is 9.52. The topological polar surface area (TPSA) is 18.5 Å². The SMILES string of the molecule is COc1ccc(-c2c(-c3ccc(OC)cc3)c(-c3ccccc3)c3ccccc3c2-c2ccccc2)cc1. The molecule has 0 atom stereocenters. The first-order valence-corrected chi connectivity index (χ1v) is 12.8. The molecule has 0 spiro atoms. The van der Waals surface area contributed by atoms with Crippen LogP contribution in [-0.2, 0) is 0 Å².